The summed E-state index contributed by atoms with van der Waals surface area (Å²) >= 11 is 0. The SMILES string of the molecule is CC(=O)NCCCCCCCCCCC(C)(C)NC(C)=O. The van der Waals surface area contributed by atoms with Crippen LogP contribution in [0.15, 0.2) is 0 Å². The van der Waals surface area contributed by atoms with E-state index in [1.807, 2.05) is 0 Å². The van der Waals surface area contributed by atoms with Gasteiger partial charge in [-0.3, -0.25) is 9.59 Å². The van der Waals surface area contributed by atoms with Gasteiger partial charge in [0, 0.05) is 25.9 Å². The van der Waals surface area contributed by atoms with Gasteiger partial charge in [0.15, 0.2) is 0 Å². The van der Waals surface area contributed by atoms with E-state index in [1.54, 1.807) is 13.8 Å². The van der Waals surface area contributed by atoms with Gasteiger partial charge in [0.1, 0.15) is 0 Å². The van der Waals surface area contributed by atoms with E-state index >= 15 is 0 Å². The summed E-state index contributed by atoms with van der Waals surface area (Å²) in [5.74, 6) is 0.122. The third-order valence-electron chi connectivity index (χ3n) is 3.62. The van der Waals surface area contributed by atoms with Gasteiger partial charge in [0.25, 0.3) is 0 Å². The van der Waals surface area contributed by atoms with Crippen LogP contribution in [0.5, 0.6) is 0 Å². The molecule has 4 heteroatoms. The van der Waals surface area contributed by atoms with Crippen LogP contribution in [0, 0.1) is 0 Å². The van der Waals surface area contributed by atoms with Crippen LogP contribution in [-0.4, -0.2) is 23.9 Å². The highest BCUT2D eigenvalue weighted by molar-refractivity contribution is 5.73. The van der Waals surface area contributed by atoms with Crippen molar-refractivity contribution in [2.75, 3.05) is 6.54 Å². The fraction of sp³-hybridized carbons (Fsp3) is 0.882. The number of hydrogen-bond donors (Lipinski definition) is 2. The van der Waals surface area contributed by atoms with Crippen LogP contribution in [-0.2, 0) is 9.59 Å². The molecule has 0 atom stereocenters. The molecule has 0 radical (unpaired) electrons. The first-order valence-electron chi connectivity index (χ1n) is 8.37. The van der Waals surface area contributed by atoms with Crippen LogP contribution in [0.3, 0.4) is 0 Å². The van der Waals surface area contributed by atoms with Crippen molar-refractivity contribution < 1.29 is 9.59 Å². The summed E-state index contributed by atoms with van der Waals surface area (Å²) in [4.78, 5) is 21.7. The maximum absolute atomic E-state index is 11.0. The van der Waals surface area contributed by atoms with Gasteiger partial charge in [-0.15, -0.1) is 0 Å². The van der Waals surface area contributed by atoms with Crippen LogP contribution in [0.4, 0.5) is 0 Å². The van der Waals surface area contributed by atoms with Crippen molar-refractivity contribution in [2.24, 2.45) is 0 Å². The minimum absolute atomic E-state index is 0.0549. The van der Waals surface area contributed by atoms with Gasteiger partial charge in [-0.25, -0.2) is 0 Å². The average molecular weight is 298 g/mol. The molecule has 2 N–H and O–H groups in total. The Morgan fingerprint density at radius 3 is 1.71 bits per heavy atom. The molecule has 124 valence electrons. The summed E-state index contributed by atoms with van der Waals surface area (Å²) < 4.78 is 0. The van der Waals surface area contributed by atoms with Gasteiger partial charge in [0.05, 0.1) is 0 Å². The molecular weight excluding hydrogens is 264 g/mol. The molecule has 4 nitrogen and oxygen atoms in total. The van der Waals surface area contributed by atoms with E-state index in [2.05, 4.69) is 24.5 Å². The molecule has 0 unspecified atom stereocenters. The summed E-state index contributed by atoms with van der Waals surface area (Å²) in [5, 5.41) is 5.81. The monoisotopic (exact) mass is 298 g/mol. The quantitative estimate of drug-likeness (QED) is 0.541. The lowest BCUT2D eigenvalue weighted by atomic mass is 9.96. The van der Waals surface area contributed by atoms with E-state index in [1.165, 1.54) is 44.9 Å². The average Bonchev–Trinajstić information content (AvgIpc) is 2.33. The lowest BCUT2D eigenvalue weighted by Gasteiger charge is -2.25. The molecule has 0 spiro atoms. The van der Waals surface area contributed by atoms with Gasteiger partial charge in [-0.05, 0) is 26.7 Å². The maximum Gasteiger partial charge on any atom is 0.217 e. The Bertz CT molecular complexity index is 301. The van der Waals surface area contributed by atoms with Crippen molar-refractivity contribution in [3.05, 3.63) is 0 Å². The first kappa shape index (κ1) is 19.9. The number of amides is 2. The van der Waals surface area contributed by atoms with Gasteiger partial charge < -0.3 is 10.6 Å². The summed E-state index contributed by atoms with van der Waals surface area (Å²) in [6.45, 7) is 8.13. The summed E-state index contributed by atoms with van der Waals surface area (Å²) in [6.07, 6.45) is 10.9. The van der Waals surface area contributed by atoms with Crippen LogP contribution < -0.4 is 10.6 Å². The Balaban J connectivity index is 3.29. The molecule has 0 aliphatic carbocycles. The Kier molecular flexibility index (Phi) is 11.0. The smallest absolute Gasteiger partial charge is 0.217 e. The van der Waals surface area contributed by atoms with E-state index in [0.717, 1.165) is 19.4 Å². The molecule has 0 aliphatic rings. The van der Waals surface area contributed by atoms with Crippen LogP contribution in [0.2, 0.25) is 0 Å². The molecule has 0 bridgehead atoms. The van der Waals surface area contributed by atoms with Crippen LogP contribution in [0.1, 0.15) is 85.5 Å². The van der Waals surface area contributed by atoms with Crippen molar-refractivity contribution in [2.45, 2.75) is 91.0 Å². The second-order valence-electron chi connectivity index (χ2n) is 6.63. The van der Waals surface area contributed by atoms with E-state index in [0.29, 0.717) is 0 Å². The molecule has 0 aromatic carbocycles. The summed E-state index contributed by atoms with van der Waals surface area (Å²) in [5.41, 5.74) is -0.0739. The molecule has 0 aromatic heterocycles. The summed E-state index contributed by atoms with van der Waals surface area (Å²) in [7, 11) is 0. The highest BCUT2D eigenvalue weighted by atomic mass is 16.2. The van der Waals surface area contributed by atoms with E-state index < -0.39 is 0 Å². The number of nitrogens with one attached hydrogen (secondary N) is 2. The molecule has 0 aliphatic heterocycles. The number of rotatable bonds is 12. The zero-order valence-corrected chi connectivity index (χ0v) is 14.4. The lowest BCUT2D eigenvalue weighted by Crippen LogP contribution is -2.42. The maximum atomic E-state index is 11.0. The fourth-order valence-corrected chi connectivity index (χ4v) is 2.56. The Morgan fingerprint density at radius 2 is 1.24 bits per heavy atom. The highest BCUT2D eigenvalue weighted by Gasteiger charge is 2.17. The zero-order valence-electron chi connectivity index (χ0n) is 14.4. The third-order valence-corrected chi connectivity index (χ3v) is 3.62. The Labute approximate surface area is 130 Å². The predicted octanol–water partition coefficient (Wildman–Crippen LogP) is 3.55. The van der Waals surface area contributed by atoms with Crippen LogP contribution in [0.25, 0.3) is 0 Å². The first-order chi connectivity index (χ1) is 9.83. The lowest BCUT2D eigenvalue weighted by molar-refractivity contribution is -0.121. The summed E-state index contributed by atoms with van der Waals surface area (Å²) in [6, 6.07) is 0. The minimum atomic E-state index is -0.0739. The molecule has 0 saturated heterocycles. The van der Waals surface area contributed by atoms with Gasteiger partial charge in [0.2, 0.25) is 11.8 Å². The largest absolute Gasteiger partial charge is 0.356 e. The second kappa shape index (κ2) is 11.6. The van der Waals surface area contributed by atoms with Crippen molar-refractivity contribution in [1.82, 2.24) is 10.6 Å². The molecule has 0 aromatic rings. The third kappa shape index (κ3) is 15.2. The number of hydrogen-bond acceptors (Lipinski definition) is 2. The predicted molar refractivity (Wildman–Crippen MR) is 88.1 cm³/mol. The first-order valence-corrected chi connectivity index (χ1v) is 8.37. The molecule has 2 amide bonds. The number of carbonyl (C=O) groups is 2. The minimum Gasteiger partial charge on any atom is -0.356 e. The van der Waals surface area contributed by atoms with Crippen molar-refractivity contribution in [1.29, 1.82) is 0 Å². The molecule has 0 heterocycles. The van der Waals surface area contributed by atoms with Crippen molar-refractivity contribution >= 4 is 11.8 Å². The molecule has 0 rings (SSSR count). The van der Waals surface area contributed by atoms with Gasteiger partial charge >= 0.3 is 0 Å². The molecule has 0 fully saturated rings. The molecular formula is C17H34N2O2. The number of carbonyl (C=O) groups excluding carboxylic acids is 2. The van der Waals surface area contributed by atoms with Crippen LogP contribution >= 0.6 is 0 Å². The van der Waals surface area contributed by atoms with Gasteiger partial charge in [-0.1, -0.05) is 44.9 Å². The van der Waals surface area contributed by atoms with Crippen molar-refractivity contribution in [3.63, 3.8) is 0 Å². The zero-order chi connectivity index (χ0) is 16.1. The molecule has 0 saturated carbocycles. The Hall–Kier alpha value is -1.06. The highest BCUT2D eigenvalue weighted by Crippen LogP contribution is 2.15. The normalized spacial score (nSPS) is 11.2. The van der Waals surface area contributed by atoms with E-state index in [9.17, 15) is 9.59 Å². The van der Waals surface area contributed by atoms with Gasteiger partial charge in [-0.2, -0.15) is 0 Å². The second-order valence-corrected chi connectivity index (χ2v) is 6.63. The molecule has 21 heavy (non-hydrogen) atoms. The fourth-order valence-electron chi connectivity index (χ4n) is 2.56. The Morgan fingerprint density at radius 1 is 0.762 bits per heavy atom. The van der Waals surface area contributed by atoms with E-state index in [-0.39, 0.29) is 17.4 Å². The topological polar surface area (TPSA) is 58.2 Å². The van der Waals surface area contributed by atoms with Crippen molar-refractivity contribution in [3.8, 4) is 0 Å². The van der Waals surface area contributed by atoms with E-state index in [4.69, 9.17) is 0 Å². The standard InChI is InChI=1S/C17H34N2O2/c1-15(20)18-14-12-10-8-6-5-7-9-11-13-17(3,4)19-16(2)21/h5-14H2,1-4H3,(H,18,20)(H,19,21). The number of unbranched alkanes of at least 4 members (excludes halogenated alkanes) is 7.